The van der Waals surface area contributed by atoms with E-state index in [1.54, 1.807) is 25.4 Å². The lowest BCUT2D eigenvalue weighted by Gasteiger charge is -2.15. The van der Waals surface area contributed by atoms with E-state index in [1.807, 2.05) is 12.1 Å². The van der Waals surface area contributed by atoms with Crippen LogP contribution in [0.3, 0.4) is 0 Å². The molecule has 0 spiro atoms. The van der Waals surface area contributed by atoms with Gasteiger partial charge in [0.15, 0.2) is 7.05 Å². The predicted octanol–water partition coefficient (Wildman–Crippen LogP) is 1.07. The van der Waals surface area contributed by atoms with Crippen molar-refractivity contribution in [2.45, 2.75) is 18.9 Å². The molecule has 2 unspecified atom stereocenters. The lowest BCUT2D eigenvalue weighted by atomic mass is 10.2. The van der Waals surface area contributed by atoms with Crippen LogP contribution in [0.15, 0.2) is 30.5 Å². The Bertz CT molecular complexity index is 700. The fraction of sp³-hybridized carbons (Fsp3) is 0.429. The largest absolute Gasteiger partial charge is 0.376 e. The molecule has 1 aliphatic heterocycles. The second kappa shape index (κ2) is 5.81. The zero-order valence-electron chi connectivity index (χ0n) is 11.8. The molecular formula is C14H18N2O4P+. The minimum Gasteiger partial charge on any atom is -0.376 e. The van der Waals surface area contributed by atoms with E-state index >= 15 is 0 Å². The van der Waals surface area contributed by atoms with E-state index in [2.05, 4.69) is 5.10 Å². The minimum absolute atomic E-state index is 0.0904. The molecule has 1 saturated heterocycles. The molecule has 0 bridgehead atoms. The van der Waals surface area contributed by atoms with Crippen LogP contribution in [0.5, 0.6) is 0 Å². The zero-order valence-corrected chi connectivity index (χ0v) is 12.7. The minimum atomic E-state index is -3.91. The van der Waals surface area contributed by atoms with Crippen LogP contribution in [0, 0.1) is 0 Å². The van der Waals surface area contributed by atoms with Crippen molar-refractivity contribution in [3.8, 4) is 0 Å². The standard InChI is InChI=1S/C14H17N2O4P/c1-16-9-14(12-6-2-3-7-13(12)15-16)21(17,18)20-10-11-5-4-8-19-11/h2-3,6-7,9,11H,4-5,8,10H2,1H3/p+1. The number of nitrogens with zero attached hydrogens (tertiary/aromatic N) is 2. The monoisotopic (exact) mass is 309 g/mol. The number of aromatic nitrogens is 2. The van der Waals surface area contributed by atoms with Gasteiger partial charge in [-0.15, -0.1) is 0 Å². The van der Waals surface area contributed by atoms with Gasteiger partial charge in [-0.3, -0.25) is 4.57 Å². The molecule has 1 aliphatic rings. The Labute approximate surface area is 122 Å². The number of aryl methyl sites for hydroxylation is 1. The lowest BCUT2D eigenvalue weighted by Crippen LogP contribution is -2.36. The molecule has 0 amide bonds. The first-order valence-corrected chi connectivity index (χ1v) is 8.49. The first-order valence-electron chi connectivity index (χ1n) is 6.91. The van der Waals surface area contributed by atoms with Crippen molar-refractivity contribution in [1.29, 1.82) is 0 Å². The Balaban J connectivity index is 1.92. The topological polar surface area (TPSA) is 72.5 Å². The average Bonchev–Trinajstić information content (AvgIpc) is 2.97. The van der Waals surface area contributed by atoms with Crippen LogP contribution in [-0.2, 0) is 20.9 Å². The quantitative estimate of drug-likeness (QED) is 0.675. The fourth-order valence-corrected chi connectivity index (χ4v) is 3.79. The SMILES string of the molecule is C[n+]1cc(P(=O)(O)OCC2CCCO2)c2ccccc2n1. The summed E-state index contributed by atoms with van der Waals surface area (Å²) in [7, 11) is -2.19. The summed E-state index contributed by atoms with van der Waals surface area (Å²) in [5.41, 5.74) is 0.660. The Morgan fingerprint density at radius 2 is 2.33 bits per heavy atom. The van der Waals surface area contributed by atoms with Gasteiger partial charge < -0.3 is 14.2 Å². The van der Waals surface area contributed by atoms with Crippen LogP contribution in [0.25, 0.3) is 10.9 Å². The van der Waals surface area contributed by atoms with E-state index in [4.69, 9.17) is 9.26 Å². The van der Waals surface area contributed by atoms with Crippen LogP contribution in [-0.4, -0.2) is 29.3 Å². The van der Waals surface area contributed by atoms with Gasteiger partial charge in [-0.1, -0.05) is 22.9 Å². The molecule has 1 aromatic carbocycles. The first-order chi connectivity index (χ1) is 10.1. The van der Waals surface area contributed by atoms with Crippen molar-refractivity contribution in [3.05, 3.63) is 30.5 Å². The third-order valence-corrected chi connectivity index (χ3v) is 4.98. The van der Waals surface area contributed by atoms with Gasteiger partial charge in [0, 0.05) is 12.0 Å². The zero-order chi connectivity index (χ0) is 14.9. The Morgan fingerprint density at radius 1 is 1.52 bits per heavy atom. The highest BCUT2D eigenvalue weighted by molar-refractivity contribution is 7.61. The molecule has 2 atom stereocenters. The number of benzene rings is 1. The van der Waals surface area contributed by atoms with Crippen LogP contribution >= 0.6 is 7.60 Å². The van der Waals surface area contributed by atoms with Crippen molar-refractivity contribution < 1.29 is 23.4 Å². The van der Waals surface area contributed by atoms with Crippen LogP contribution in [0.1, 0.15) is 12.8 Å². The van der Waals surface area contributed by atoms with Gasteiger partial charge in [-0.25, -0.2) is 0 Å². The van der Waals surface area contributed by atoms with Crippen molar-refractivity contribution in [2.24, 2.45) is 7.05 Å². The van der Waals surface area contributed by atoms with Crippen molar-refractivity contribution in [1.82, 2.24) is 5.10 Å². The molecule has 0 aliphatic carbocycles. The molecule has 1 N–H and O–H groups in total. The second-order valence-corrected chi connectivity index (χ2v) is 6.94. The third kappa shape index (κ3) is 3.14. The summed E-state index contributed by atoms with van der Waals surface area (Å²) in [6.07, 6.45) is 3.28. The van der Waals surface area contributed by atoms with Gasteiger partial charge in [-0.05, 0) is 24.0 Å². The molecule has 112 valence electrons. The molecule has 7 heteroatoms. The number of hydrogen-bond donors (Lipinski definition) is 1. The summed E-state index contributed by atoms with van der Waals surface area (Å²) in [6.45, 7) is 0.824. The molecule has 2 aromatic rings. The van der Waals surface area contributed by atoms with E-state index < -0.39 is 7.60 Å². The summed E-state index contributed by atoms with van der Waals surface area (Å²) in [5, 5.41) is 5.20. The fourth-order valence-electron chi connectivity index (χ4n) is 2.48. The third-order valence-electron chi connectivity index (χ3n) is 3.52. The summed E-state index contributed by atoms with van der Waals surface area (Å²) >= 11 is 0. The summed E-state index contributed by atoms with van der Waals surface area (Å²) in [4.78, 5) is 10.3. The first kappa shape index (κ1) is 14.6. The van der Waals surface area contributed by atoms with Gasteiger partial charge in [0.05, 0.1) is 12.7 Å². The Kier molecular flexibility index (Phi) is 4.04. The number of hydrogen-bond acceptors (Lipinski definition) is 4. The highest BCUT2D eigenvalue weighted by Gasteiger charge is 2.31. The molecule has 21 heavy (non-hydrogen) atoms. The molecular weight excluding hydrogens is 291 g/mol. The normalized spacial score (nSPS) is 21.5. The van der Waals surface area contributed by atoms with Gasteiger partial charge in [-0.2, -0.15) is 0 Å². The van der Waals surface area contributed by atoms with Crippen molar-refractivity contribution in [3.63, 3.8) is 0 Å². The van der Waals surface area contributed by atoms with E-state index in [9.17, 15) is 9.46 Å². The highest BCUT2D eigenvalue weighted by Crippen LogP contribution is 2.42. The molecule has 1 fully saturated rings. The molecule has 1 aromatic heterocycles. The average molecular weight is 309 g/mol. The number of fused-ring (bicyclic) bond motifs is 1. The van der Waals surface area contributed by atoms with Gasteiger partial charge in [0.2, 0.25) is 6.20 Å². The van der Waals surface area contributed by atoms with Crippen LogP contribution in [0.2, 0.25) is 0 Å². The molecule has 3 rings (SSSR count). The van der Waals surface area contributed by atoms with Gasteiger partial charge in [0.25, 0.3) is 0 Å². The van der Waals surface area contributed by atoms with Crippen LogP contribution < -0.4 is 9.99 Å². The highest BCUT2D eigenvalue weighted by atomic mass is 31.2. The molecule has 6 nitrogen and oxygen atoms in total. The van der Waals surface area contributed by atoms with Gasteiger partial charge >= 0.3 is 7.60 Å². The summed E-state index contributed by atoms with van der Waals surface area (Å²) in [5.74, 6) is 0. The maximum atomic E-state index is 12.6. The predicted molar refractivity (Wildman–Crippen MR) is 77.3 cm³/mol. The molecule has 0 saturated carbocycles. The van der Waals surface area contributed by atoms with Crippen LogP contribution in [0.4, 0.5) is 0 Å². The van der Waals surface area contributed by atoms with E-state index in [0.29, 0.717) is 17.5 Å². The summed E-state index contributed by atoms with van der Waals surface area (Å²) < 4.78 is 24.8. The van der Waals surface area contributed by atoms with E-state index in [0.717, 1.165) is 12.8 Å². The summed E-state index contributed by atoms with van der Waals surface area (Å²) in [6, 6.07) is 7.23. The Morgan fingerprint density at radius 3 is 3.10 bits per heavy atom. The maximum Gasteiger partial charge on any atom is 0.365 e. The Hall–Kier alpha value is -1.33. The van der Waals surface area contributed by atoms with Gasteiger partial charge in [0.1, 0.15) is 10.8 Å². The second-order valence-electron chi connectivity index (χ2n) is 5.16. The number of rotatable bonds is 4. The smallest absolute Gasteiger partial charge is 0.365 e. The number of ether oxygens (including phenoxy) is 1. The van der Waals surface area contributed by atoms with Crippen molar-refractivity contribution in [2.75, 3.05) is 13.2 Å². The molecule has 2 heterocycles. The van der Waals surface area contributed by atoms with E-state index in [-0.39, 0.29) is 18.0 Å². The molecule has 0 radical (unpaired) electrons. The van der Waals surface area contributed by atoms with E-state index in [1.165, 1.54) is 4.68 Å². The van der Waals surface area contributed by atoms with Crippen molar-refractivity contribution >= 4 is 23.8 Å². The maximum absolute atomic E-state index is 12.6. The lowest BCUT2D eigenvalue weighted by molar-refractivity contribution is -0.727.